The molecule has 0 heterocycles. The summed E-state index contributed by atoms with van der Waals surface area (Å²) in [4.78, 5) is 36.1. The largest absolute Gasteiger partial charge is 0.497 e. The van der Waals surface area contributed by atoms with Gasteiger partial charge in [0.2, 0.25) is 5.91 Å². The van der Waals surface area contributed by atoms with Crippen LogP contribution >= 0.6 is 0 Å². The topological polar surface area (TPSA) is 128 Å². The van der Waals surface area contributed by atoms with Crippen molar-refractivity contribution in [2.75, 3.05) is 23.8 Å². The molecule has 34 heavy (non-hydrogen) atoms. The predicted octanol–water partition coefficient (Wildman–Crippen LogP) is 3.49. The molecular formula is C24H22N2O7S. The lowest BCUT2D eigenvalue weighted by atomic mass is 10.1. The Morgan fingerprint density at radius 3 is 2.15 bits per heavy atom. The molecule has 0 saturated heterocycles. The highest BCUT2D eigenvalue weighted by molar-refractivity contribution is 7.92. The van der Waals surface area contributed by atoms with Crippen molar-refractivity contribution in [3.63, 3.8) is 0 Å². The van der Waals surface area contributed by atoms with E-state index in [1.807, 2.05) is 0 Å². The first-order valence-electron chi connectivity index (χ1n) is 10.0. The second-order valence-electron chi connectivity index (χ2n) is 7.08. The van der Waals surface area contributed by atoms with Crippen LogP contribution in [0.15, 0.2) is 77.7 Å². The van der Waals surface area contributed by atoms with Crippen LogP contribution in [-0.2, 0) is 19.6 Å². The van der Waals surface area contributed by atoms with Crippen molar-refractivity contribution >= 4 is 39.1 Å². The molecule has 9 nitrogen and oxygen atoms in total. The lowest BCUT2D eigenvalue weighted by Crippen LogP contribution is -2.18. The van der Waals surface area contributed by atoms with Gasteiger partial charge in [-0.2, -0.15) is 0 Å². The molecule has 10 heteroatoms. The van der Waals surface area contributed by atoms with Crippen LogP contribution in [0.4, 0.5) is 11.4 Å². The minimum atomic E-state index is -3.99. The van der Waals surface area contributed by atoms with Crippen molar-refractivity contribution in [1.29, 1.82) is 0 Å². The van der Waals surface area contributed by atoms with Crippen LogP contribution in [0.2, 0.25) is 0 Å². The van der Waals surface area contributed by atoms with Gasteiger partial charge in [0.15, 0.2) is 12.4 Å². The molecule has 0 bridgehead atoms. The molecule has 0 aromatic heterocycles. The zero-order valence-corrected chi connectivity index (χ0v) is 19.2. The van der Waals surface area contributed by atoms with Gasteiger partial charge in [0.1, 0.15) is 5.75 Å². The highest BCUT2D eigenvalue weighted by Crippen LogP contribution is 2.22. The van der Waals surface area contributed by atoms with E-state index in [0.29, 0.717) is 11.4 Å². The first-order valence-corrected chi connectivity index (χ1v) is 11.5. The van der Waals surface area contributed by atoms with Gasteiger partial charge >= 0.3 is 5.97 Å². The Kier molecular flexibility index (Phi) is 7.64. The fourth-order valence-electron chi connectivity index (χ4n) is 2.94. The Bertz CT molecular complexity index is 1300. The van der Waals surface area contributed by atoms with E-state index in [0.717, 1.165) is 0 Å². The van der Waals surface area contributed by atoms with Gasteiger partial charge in [0.05, 0.1) is 23.3 Å². The van der Waals surface area contributed by atoms with E-state index in [1.165, 1.54) is 62.6 Å². The quantitative estimate of drug-likeness (QED) is 0.353. The maximum absolute atomic E-state index is 12.7. The van der Waals surface area contributed by atoms with Crippen LogP contribution in [0.25, 0.3) is 0 Å². The van der Waals surface area contributed by atoms with E-state index in [9.17, 15) is 22.8 Å². The maximum Gasteiger partial charge on any atom is 0.340 e. The number of carbonyl (C=O) groups is 3. The van der Waals surface area contributed by atoms with Gasteiger partial charge in [-0.05, 0) is 60.7 Å². The number of benzene rings is 3. The fraction of sp³-hybridized carbons (Fsp3) is 0.125. The third-order valence-corrected chi connectivity index (χ3v) is 6.00. The van der Waals surface area contributed by atoms with Crippen molar-refractivity contribution < 1.29 is 32.3 Å². The average Bonchev–Trinajstić information content (AvgIpc) is 2.82. The second kappa shape index (κ2) is 10.6. The average molecular weight is 483 g/mol. The molecule has 0 spiro atoms. The number of hydrogen-bond donors (Lipinski definition) is 2. The van der Waals surface area contributed by atoms with E-state index in [4.69, 9.17) is 9.47 Å². The summed E-state index contributed by atoms with van der Waals surface area (Å²) in [7, 11) is -2.52. The summed E-state index contributed by atoms with van der Waals surface area (Å²) in [5, 5.41) is 2.59. The lowest BCUT2D eigenvalue weighted by Gasteiger charge is -2.12. The molecule has 0 aliphatic heterocycles. The van der Waals surface area contributed by atoms with Crippen LogP contribution in [-0.4, -0.2) is 39.8 Å². The molecule has 0 aliphatic rings. The summed E-state index contributed by atoms with van der Waals surface area (Å²) in [6.07, 6.45) is 0. The molecule has 0 unspecified atom stereocenters. The Morgan fingerprint density at radius 1 is 0.882 bits per heavy atom. The highest BCUT2D eigenvalue weighted by atomic mass is 32.2. The number of rotatable bonds is 9. The van der Waals surface area contributed by atoms with Gasteiger partial charge in [-0.15, -0.1) is 0 Å². The summed E-state index contributed by atoms with van der Waals surface area (Å²) in [5.41, 5.74) is 0.776. The van der Waals surface area contributed by atoms with Gasteiger partial charge < -0.3 is 14.8 Å². The van der Waals surface area contributed by atoms with Crippen LogP contribution in [0.5, 0.6) is 5.75 Å². The predicted molar refractivity (Wildman–Crippen MR) is 126 cm³/mol. The number of methoxy groups -OCH3 is 1. The van der Waals surface area contributed by atoms with Crippen molar-refractivity contribution in [3.05, 3.63) is 83.9 Å². The van der Waals surface area contributed by atoms with Crippen LogP contribution in [0, 0.1) is 0 Å². The van der Waals surface area contributed by atoms with E-state index in [1.54, 1.807) is 24.3 Å². The number of ketones is 1. The molecular weight excluding hydrogens is 460 g/mol. The van der Waals surface area contributed by atoms with Crippen molar-refractivity contribution in [2.24, 2.45) is 0 Å². The zero-order valence-electron chi connectivity index (χ0n) is 18.4. The Morgan fingerprint density at radius 2 is 1.53 bits per heavy atom. The Labute approximate surface area is 196 Å². The maximum atomic E-state index is 12.7. The molecule has 2 N–H and O–H groups in total. The number of anilines is 2. The van der Waals surface area contributed by atoms with Gasteiger partial charge in [0, 0.05) is 18.2 Å². The molecule has 1 amide bonds. The van der Waals surface area contributed by atoms with Crippen LogP contribution < -0.4 is 14.8 Å². The molecule has 176 valence electrons. The summed E-state index contributed by atoms with van der Waals surface area (Å²) < 4.78 is 38.0. The first kappa shape index (κ1) is 24.5. The van der Waals surface area contributed by atoms with Gasteiger partial charge in [-0.3, -0.25) is 14.3 Å². The number of esters is 1. The molecule has 3 rings (SSSR count). The molecule has 0 radical (unpaired) electrons. The number of para-hydroxylation sites is 1. The third-order valence-electron chi connectivity index (χ3n) is 4.62. The molecule has 3 aromatic rings. The summed E-state index contributed by atoms with van der Waals surface area (Å²) in [6.45, 7) is 0.825. The summed E-state index contributed by atoms with van der Waals surface area (Å²) in [5.74, 6) is -1.07. The number of carbonyl (C=O) groups excluding carboxylic acids is 3. The second-order valence-corrected chi connectivity index (χ2v) is 8.77. The fourth-order valence-corrected chi connectivity index (χ4v) is 4.02. The monoisotopic (exact) mass is 482 g/mol. The molecule has 3 aromatic carbocycles. The molecule has 0 saturated carbocycles. The highest BCUT2D eigenvalue weighted by Gasteiger charge is 2.20. The SMILES string of the molecule is COc1ccc(S(=O)(=O)Nc2ccccc2C(=O)OCC(=O)c2ccc(NC(C)=O)cc2)cc1. The van der Waals surface area contributed by atoms with Gasteiger partial charge in [-0.1, -0.05) is 12.1 Å². The number of sulfonamides is 1. The smallest absolute Gasteiger partial charge is 0.340 e. The van der Waals surface area contributed by atoms with Crippen LogP contribution in [0.3, 0.4) is 0 Å². The third kappa shape index (κ3) is 6.20. The number of Topliss-reactive ketones (excluding diaryl/α,β-unsaturated/α-hetero) is 1. The van der Waals surface area contributed by atoms with Gasteiger partial charge in [0.25, 0.3) is 10.0 Å². The number of hydrogen-bond acceptors (Lipinski definition) is 7. The Hall–Kier alpha value is -4.18. The minimum Gasteiger partial charge on any atom is -0.497 e. The number of ether oxygens (including phenoxy) is 2. The van der Waals surface area contributed by atoms with E-state index < -0.39 is 28.4 Å². The standard InChI is InChI=1S/C24H22N2O7S/c1-16(27)25-18-9-7-17(8-10-18)23(28)15-33-24(29)21-5-3-4-6-22(21)26-34(30,31)20-13-11-19(32-2)12-14-20/h3-14,26H,15H2,1-2H3,(H,25,27). The molecule has 0 atom stereocenters. The van der Waals surface area contributed by atoms with E-state index in [-0.39, 0.29) is 27.6 Å². The van der Waals surface area contributed by atoms with Crippen molar-refractivity contribution in [2.45, 2.75) is 11.8 Å². The molecule has 0 aliphatic carbocycles. The van der Waals surface area contributed by atoms with Crippen molar-refractivity contribution in [3.8, 4) is 5.75 Å². The number of amides is 1. The first-order chi connectivity index (χ1) is 16.2. The number of nitrogens with one attached hydrogen (secondary N) is 2. The van der Waals surface area contributed by atoms with E-state index >= 15 is 0 Å². The summed E-state index contributed by atoms with van der Waals surface area (Å²) >= 11 is 0. The van der Waals surface area contributed by atoms with Gasteiger partial charge in [-0.25, -0.2) is 13.2 Å². The lowest BCUT2D eigenvalue weighted by molar-refractivity contribution is -0.114. The van der Waals surface area contributed by atoms with Crippen molar-refractivity contribution in [1.82, 2.24) is 0 Å². The summed E-state index contributed by atoms with van der Waals surface area (Å²) in [6, 6.07) is 17.8. The van der Waals surface area contributed by atoms with Crippen LogP contribution in [0.1, 0.15) is 27.6 Å². The molecule has 0 fully saturated rings. The zero-order chi connectivity index (χ0) is 24.7. The van der Waals surface area contributed by atoms with E-state index in [2.05, 4.69) is 10.0 Å². The minimum absolute atomic E-state index is 0.00965. The normalized spacial score (nSPS) is 10.8. The Balaban J connectivity index is 1.69.